The average Bonchev–Trinajstić information content (AvgIpc) is 3.38. The Morgan fingerprint density at radius 3 is 2.31 bits per heavy atom. The second kappa shape index (κ2) is 12.6. The maximum Gasteiger partial charge on any atom is 0.410 e. The predicted octanol–water partition coefficient (Wildman–Crippen LogP) is 6.05. The summed E-state index contributed by atoms with van der Waals surface area (Å²) in [6.45, 7) is 3.67. The van der Waals surface area contributed by atoms with Gasteiger partial charge in [0.05, 0.1) is 22.5 Å². The molecule has 0 N–H and O–H groups in total. The molecule has 1 aliphatic heterocycles. The maximum atomic E-state index is 13.9. The van der Waals surface area contributed by atoms with Crippen LogP contribution in [0.2, 0.25) is 0 Å². The van der Waals surface area contributed by atoms with Crippen LogP contribution < -0.4 is 4.74 Å². The molecule has 200 valence electrons. The van der Waals surface area contributed by atoms with E-state index >= 15 is 0 Å². The minimum Gasteiger partial charge on any atom is -0.494 e. The predicted molar refractivity (Wildman–Crippen MR) is 152 cm³/mol. The van der Waals surface area contributed by atoms with Gasteiger partial charge in [-0.05, 0) is 30.2 Å². The Bertz CT molecular complexity index is 1380. The molecule has 1 aliphatic rings. The fourth-order valence-electron chi connectivity index (χ4n) is 4.67. The monoisotopic (exact) mass is 541 g/mol. The molecule has 39 heavy (non-hydrogen) atoms. The number of aryl methyl sites for hydroxylation is 1. The number of thiazole rings is 1. The number of piperazine rings is 1. The van der Waals surface area contributed by atoms with Crippen molar-refractivity contribution < 1.29 is 19.1 Å². The largest absolute Gasteiger partial charge is 0.494 e. The zero-order chi connectivity index (χ0) is 27.0. The molecule has 7 nitrogen and oxygen atoms in total. The molecular formula is C31H31N3O4S. The molecule has 1 fully saturated rings. The van der Waals surface area contributed by atoms with E-state index in [-0.39, 0.29) is 24.6 Å². The topological polar surface area (TPSA) is 72.0 Å². The van der Waals surface area contributed by atoms with E-state index in [1.807, 2.05) is 103 Å². The number of carbonyl (C=O) groups excluding carboxylic acids is 2. The molecule has 1 aromatic heterocycles. The lowest BCUT2D eigenvalue weighted by atomic mass is 10.1. The highest BCUT2D eigenvalue weighted by molar-refractivity contribution is 7.15. The van der Waals surface area contributed by atoms with E-state index in [2.05, 4.69) is 4.98 Å². The van der Waals surface area contributed by atoms with E-state index in [0.29, 0.717) is 38.4 Å². The van der Waals surface area contributed by atoms with Crippen molar-refractivity contribution in [1.29, 1.82) is 0 Å². The second-order valence-corrected chi connectivity index (χ2v) is 10.6. The Labute approximate surface area is 232 Å². The Kier molecular flexibility index (Phi) is 8.53. The average molecular weight is 542 g/mol. The number of hydrogen-bond acceptors (Lipinski definition) is 6. The first-order chi connectivity index (χ1) is 19.1. The van der Waals surface area contributed by atoms with Crippen molar-refractivity contribution in [2.75, 3.05) is 26.2 Å². The summed E-state index contributed by atoms with van der Waals surface area (Å²) >= 11 is 1.52. The van der Waals surface area contributed by atoms with Gasteiger partial charge in [-0.3, -0.25) is 4.79 Å². The summed E-state index contributed by atoms with van der Waals surface area (Å²) in [6.07, 6.45) is 0.182. The van der Waals surface area contributed by atoms with Crippen molar-refractivity contribution in [3.05, 3.63) is 107 Å². The number of para-hydroxylation sites is 1. The van der Waals surface area contributed by atoms with Crippen molar-refractivity contribution >= 4 is 23.3 Å². The highest BCUT2D eigenvalue weighted by Crippen LogP contribution is 2.32. The number of rotatable bonds is 8. The first-order valence-corrected chi connectivity index (χ1v) is 13.9. The molecule has 2 amide bonds. The van der Waals surface area contributed by atoms with Gasteiger partial charge in [0.1, 0.15) is 18.1 Å². The Balaban J connectivity index is 1.32. The van der Waals surface area contributed by atoms with E-state index < -0.39 is 0 Å². The lowest BCUT2D eigenvalue weighted by Gasteiger charge is -2.40. The van der Waals surface area contributed by atoms with Crippen LogP contribution in [0.1, 0.15) is 27.5 Å². The van der Waals surface area contributed by atoms with Crippen molar-refractivity contribution in [3.63, 3.8) is 0 Å². The number of amides is 2. The third-order valence-corrected chi connectivity index (χ3v) is 7.66. The molecule has 4 aromatic rings. The van der Waals surface area contributed by atoms with Gasteiger partial charge in [0, 0.05) is 26.1 Å². The standard InChI is InChI=1S/C31H31N3O4S/c1-23-32-28(29(39-23)25-13-7-3-8-14-25)30(35)34-19-18-33(31(36)38-22-24-11-5-2-6-12-24)21-26(34)17-20-37-27-15-9-4-10-16-27/h2-16,26H,17-22H2,1H3. The smallest absolute Gasteiger partial charge is 0.410 e. The summed E-state index contributed by atoms with van der Waals surface area (Å²) in [5, 5.41) is 0.837. The van der Waals surface area contributed by atoms with Crippen LogP contribution in [-0.4, -0.2) is 59.1 Å². The molecule has 0 bridgehead atoms. The highest BCUT2D eigenvalue weighted by Gasteiger charge is 2.35. The first kappa shape index (κ1) is 26.4. The number of nitrogens with zero attached hydrogens (tertiary/aromatic N) is 3. The zero-order valence-corrected chi connectivity index (χ0v) is 22.7. The molecule has 0 spiro atoms. The highest BCUT2D eigenvalue weighted by atomic mass is 32.1. The molecule has 1 atom stereocenters. The first-order valence-electron chi connectivity index (χ1n) is 13.1. The van der Waals surface area contributed by atoms with Crippen LogP contribution in [0.4, 0.5) is 4.79 Å². The lowest BCUT2D eigenvalue weighted by Crippen LogP contribution is -2.57. The molecule has 1 unspecified atom stereocenters. The fourth-order valence-corrected chi connectivity index (χ4v) is 5.58. The Hall–Kier alpha value is -4.17. The second-order valence-electron chi connectivity index (χ2n) is 9.37. The van der Waals surface area contributed by atoms with Gasteiger partial charge in [-0.15, -0.1) is 11.3 Å². The summed E-state index contributed by atoms with van der Waals surface area (Å²) in [5.74, 6) is 0.645. The molecule has 3 aromatic carbocycles. The Morgan fingerprint density at radius 2 is 1.59 bits per heavy atom. The zero-order valence-electron chi connectivity index (χ0n) is 21.9. The molecule has 2 heterocycles. The summed E-state index contributed by atoms with van der Waals surface area (Å²) in [7, 11) is 0. The van der Waals surface area contributed by atoms with Crippen LogP contribution in [0, 0.1) is 6.92 Å². The normalized spacial score (nSPS) is 15.2. The van der Waals surface area contributed by atoms with E-state index in [0.717, 1.165) is 26.8 Å². The fraction of sp³-hybridized carbons (Fsp3) is 0.258. The van der Waals surface area contributed by atoms with E-state index in [1.165, 1.54) is 11.3 Å². The molecule has 5 rings (SSSR count). The molecular weight excluding hydrogens is 510 g/mol. The van der Waals surface area contributed by atoms with Crippen LogP contribution in [0.25, 0.3) is 10.4 Å². The van der Waals surface area contributed by atoms with Crippen LogP contribution in [0.5, 0.6) is 5.75 Å². The number of aromatic nitrogens is 1. The van der Waals surface area contributed by atoms with E-state index in [9.17, 15) is 9.59 Å². The number of carbonyl (C=O) groups is 2. The molecule has 1 saturated heterocycles. The van der Waals surface area contributed by atoms with Crippen molar-refractivity contribution in [2.45, 2.75) is 26.0 Å². The number of benzene rings is 3. The lowest BCUT2D eigenvalue weighted by molar-refractivity contribution is 0.0319. The van der Waals surface area contributed by atoms with E-state index in [4.69, 9.17) is 9.47 Å². The van der Waals surface area contributed by atoms with Gasteiger partial charge in [0.15, 0.2) is 0 Å². The van der Waals surface area contributed by atoms with E-state index in [1.54, 1.807) is 4.90 Å². The summed E-state index contributed by atoms with van der Waals surface area (Å²) in [4.78, 5) is 35.9. The van der Waals surface area contributed by atoms with Gasteiger partial charge in [0.2, 0.25) is 0 Å². The van der Waals surface area contributed by atoms with Crippen LogP contribution >= 0.6 is 11.3 Å². The summed E-state index contributed by atoms with van der Waals surface area (Å²) in [5.41, 5.74) is 2.36. The van der Waals surface area contributed by atoms with Crippen molar-refractivity contribution in [3.8, 4) is 16.2 Å². The van der Waals surface area contributed by atoms with Crippen LogP contribution in [-0.2, 0) is 11.3 Å². The van der Waals surface area contributed by atoms with Gasteiger partial charge >= 0.3 is 6.09 Å². The number of ether oxygens (including phenoxy) is 2. The molecule has 0 saturated carbocycles. The maximum absolute atomic E-state index is 13.9. The number of hydrogen-bond donors (Lipinski definition) is 0. The third-order valence-electron chi connectivity index (χ3n) is 6.64. The SMILES string of the molecule is Cc1nc(C(=O)N2CCN(C(=O)OCc3ccccc3)CC2CCOc2ccccc2)c(-c2ccccc2)s1. The summed E-state index contributed by atoms with van der Waals surface area (Å²) < 4.78 is 11.5. The summed E-state index contributed by atoms with van der Waals surface area (Å²) in [6, 6.07) is 28.8. The van der Waals surface area contributed by atoms with Crippen molar-refractivity contribution in [1.82, 2.24) is 14.8 Å². The van der Waals surface area contributed by atoms with Gasteiger partial charge in [-0.1, -0.05) is 78.9 Å². The molecule has 0 aliphatic carbocycles. The van der Waals surface area contributed by atoms with Crippen molar-refractivity contribution in [2.24, 2.45) is 0 Å². The van der Waals surface area contributed by atoms with Crippen LogP contribution in [0.15, 0.2) is 91.0 Å². The Morgan fingerprint density at radius 1 is 0.923 bits per heavy atom. The van der Waals surface area contributed by atoms with Crippen LogP contribution in [0.3, 0.4) is 0 Å². The molecule has 8 heteroatoms. The third kappa shape index (κ3) is 6.64. The van der Waals surface area contributed by atoms with Gasteiger partial charge < -0.3 is 19.3 Å². The minimum atomic E-state index is -0.380. The quantitative estimate of drug-likeness (QED) is 0.272. The molecule has 0 radical (unpaired) electrons. The van der Waals surface area contributed by atoms with Gasteiger partial charge in [-0.25, -0.2) is 9.78 Å². The van der Waals surface area contributed by atoms with Gasteiger partial charge in [-0.2, -0.15) is 0 Å². The minimum absolute atomic E-state index is 0.125. The van der Waals surface area contributed by atoms with Gasteiger partial charge in [0.25, 0.3) is 5.91 Å².